The van der Waals surface area contributed by atoms with Crippen molar-refractivity contribution in [2.75, 3.05) is 18.9 Å². The maximum atomic E-state index is 11.6. The quantitative estimate of drug-likeness (QED) is 0.700. The van der Waals surface area contributed by atoms with Crippen LogP contribution in [0.15, 0.2) is 0 Å². The lowest BCUT2D eigenvalue weighted by molar-refractivity contribution is 0.0183. The number of ether oxygens (including phenoxy) is 1. The molecule has 2 N–H and O–H groups in total. The summed E-state index contributed by atoms with van der Waals surface area (Å²) < 4.78 is 29.4. The lowest BCUT2D eigenvalue weighted by atomic mass is 10.4. The number of halogens is 2. The Labute approximate surface area is 79.9 Å². The molecule has 0 fully saturated rings. The van der Waals surface area contributed by atoms with Crippen LogP contribution in [0.25, 0.3) is 0 Å². The number of anilines is 1. The van der Waals surface area contributed by atoms with Gasteiger partial charge in [-0.1, -0.05) is 0 Å². The summed E-state index contributed by atoms with van der Waals surface area (Å²) in [6, 6.07) is 0. The van der Waals surface area contributed by atoms with Gasteiger partial charge < -0.3 is 10.5 Å². The van der Waals surface area contributed by atoms with Gasteiger partial charge in [0, 0.05) is 13.5 Å². The maximum Gasteiger partial charge on any atom is 0.261 e. The number of nitrogens with zero attached hydrogens (tertiary/aromatic N) is 3. The van der Waals surface area contributed by atoms with Gasteiger partial charge >= 0.3 is 0 Å². The number of hydrogen-bond acceptors (Lipinski definition) is 4. The average Bonchev–Trinajstić information content (AvgIpc) is 2.40. The molecular formula is C7H12F2N4O. The maximum absolute atomic E-state index is 11.6. The van der Waals surface area contributed by atoms with Gasteiger partial charge in [0.05, 0.1) is 6.61 Å². The van der Waals surface area contributed by atoms with Crippen molar-refractivity contribution in [3.8, 4) is 0 Å². The van der Waals surface area contributed by atoms with E-state index in [1.54, 1.807) is 7.05 Å². The topological polar surface area (TPSA) is 66.0 Å². The Balaban J connectivity index is 2.25. The number of nitrogen functional groups attached to an aromatic ring is 1. The van der Waals surface area contributed by atoms with Crippen LogP contribution in [-0.2, 0) is 18.2 Å². The fourth-order valence-corrected chi connectivity index (χ4v) is 0.893. The molecule has 0 saturated carbocycles. The molecule has 0 aliphatic rings. The van der Waals surface area contributed by atoms with E-state index in [4.69, 9.17) is 5.73 Å². The number of hydrogen-bond donors (Lipinski definition) is 1. The van der Waals surface area contributed by atoms with Crippen molar-refractivity contribution in [2.24, 2.45) is 7.05 Å². The first-order chi connectivity index (χ1) is 6.59. The molecule has 0 spiro atoms. The molecule has 1 aromatic heterocycles. The van der Waals surface area contributed by atoms with Crippen molar-refractivity contribution in [3.63, 3.8) is 0 Å². The Hall–Kier alpha value is -1.24. The normalized spacial score (nSPS) is 11.1. The summed E-state index contributed by atoms with van der Waals surface area (Å²) in [5.74, 6) is 0.799. The summed E-state index contributed by atoms with van der Waals surface area (Å²) in [5.41, 5.74) is 5.42. The molecule has 14 heavy (non-hydrogen) atoms. The van der Waals surface area contributed by atoms with E-state index in [0.29, 0.717) is 18.2 Å². The number of rotatable bonds is 5. The minimum Gasteiger partial charge on any atom is -0.375 e. The Morgan fingerprint density at radius 3 is 2.79 bits per heavy atom. The van der Waals surface area contributed by atoms with Crippen LogP contribution < -0.4 is 5.73 Å². The predicted octanol–water partition coefficient (Wildman–Crippen LogP) is 0.221. The molecule has 0 aliphatic heterocycles. The standard InChI is InChI=1S/C7H12F2N4O/c1-13-7(10)11-6(12-13)2-3-14-4-5(8)9/h5H,2-4H2,1H3,(H2,10,11,12). The highest BCUT2D eigenvalue weighted by Crippen LogP contribution is 1.99. The Bertz CT molecular complexity index is 270. The zero-order valence-corrected chi connectivity index (χ0v) is 7.78. The van der Waals surface area contributed by atoms with Gasteiger partial charge in [-0.15, -0.1) is 0 Å². The largest absolute Gasteiger partial charge is 0.375 e. The fraction of sp³-hybridized carbons (Fsp3) is 0.714. The van der Waals surface area contributed by atoms with Crippen LogP contribution in [0.5, 0.6) is 0 Å². The van der Waals surface area contributed by atoms with E-state index < -0.39 is 13.0 Å². The van der Waals surface area contributed by atoms with E-state index in [1.807, 2.05) is 0 Å². The molecule has 0 aliphatic carbocycles. The first-order valence-electron chi connectivity index (χ1n) is 4.11. The van der Waals surface area contributed by atoms with Crippen LogP contribution in [0.2, 0.25) is 0 Å². The SMILES string of the molecule is Cn1nc(CCOCC(F)F)nc1N. The molecule has 0 bridgehead atoms. The van der Waals surface area contributed by atoms with Crippen molar-refractivity contribution in [1.29, 1.82) is 0 Å². The zero-order valence-electron chi connectivity index (χ0n) is 7.78. The zero-order chi connectivity index (χ0) is 10.6. The van der Waals surface area contributed by atoms with Gasteiger partial charge in [0.1, 0.15) is 6.61 Å². The molecule has 0 unspecified atom stereocenters. The van der Waals surface area contributed by atoms with Crippen LogP contribution in [0.4, 0.5) is 14.7 Å². The third kappa shape index (κ3) is 3.25. The molecule has 0 radical (unpaired) electrons. The molecule has 1 aromatic rings. The van der Waals surface area contributed by atoms with Gasteiger partial charge in [0.2, 0.25) is 5.95 Å². The summed E-state index contributed by atoms with van der Waals surface area (Å²) in [6.07, 6.45) is -2.05. The predicted molar refractivity (Wildman–Crippen MR) is 45.9 cm³/mol. The first kappa shape index (κ1) is 10.8. The second-order valence-electron chi connectivity index (χ2n) is 2.73. The van der Waals surface area contributed by atoms with Gasteiger partial charge in [-0.3, -0.25) is 0 Å². The summed E-state index contributed by atoms with van der Waals surface area (Å²) in [6.45, 7) is -0.379. The number of aromatic nitrogens is 3. The minimum absolute atomic E-state index is 0.174. The Morgan fingerprint density at radius 2 is 2.29 bits per heavy atom. The van der Waals surface area contributed by atoms with Gasteiger partial charge in [-0.25, -0.2) is 13.5 Å². The molecule has 7 heteroatoms. The molecular weight excluding hydrogens is 194 g/mol. The number of nitrogens with two attached hydrogens (primary N) is 1. The molecule has 5 nitrogen and oxygen atoms in total. The van der Waals surface area contributed by atoms with Gasteiger partial charge in [0.15, 0.2) is 5.82 Å². The molecule has 0 atom stereocenters. The van der Waals surface area contributed by atoms with Crippen molar-refractivity contribution in [2.45, 2.75) is 12.8 Å². The van der Waals surface area contributed by atoms with Gasteiger partial charge in [0.25, 0.3) is 6.43 Å². The number of alkyl halides is 2. The van der Waals surface area contributed by atoms with Crippen LogP contribution >= 0.6 is 0 Å². The summed E-state index contributed by atoms with van der Waals surface area (Å²) in [7, 11) is 1.66. The van der Waals surface area contributed by atoms with Crippen LogP contribution in [0.1, 0.15) is 5.82 Å². The lowest BCUT2D eigenvalue weighted by Crippen LogP contribution is -2.07. The number of aryl methyl sites for hydroxylation is 1. The van der Waals surface area contributed by atoms with Crippen LogP contribution in [-0.4, -0.2) is 34.4 Å². The minimum atomic E-state index is -2.43. The van der Waals surface area contributed by atoms with Crippen LogP contribution in [0, 0.1) is 0 Å². The third-order valence-corrected chi connectivity index (χ3v) is 1.55. The van der Waals surface area contributed by atoms with Gasteiger partial charge in [-0.05, 0) is 0 Å². The van der Waals surface area contributed by atoms with E-state index in [2.05, 4.69) is 14.8 Å². The van der Waals surface area contributed by atoms with E-state index in [9.17, 15) is 8.78 Å². The summed E-state index contributed by atoms with van der Waals surface area (Å²) >= 11 is 0. The average molecular weight is 206 g/mol. The van der Waals surface area contributed by atoms with Gasteiger partial charge in [-0.2, -0.15) is 10.1 Å². The lowest BCUT2D eigenvalue weighted by Gasteiger charge is -1.99. The van der Waals surface area contributed by atoms with Crippen molar-refractivity contribution < 1.29 is 13.5 Å². The summed E-state index contributed by atoms with van der Waals surface area (Å²) in [5, 5.41) is 3.94. The smallest absolute Gasteiger partial charge is 0.261 e. The van der Waals surface area contributed by atoms with Crippen LogP contribution in [0.3, 0.4) is 0 Å². The van der Waals surface area contributed by atoms with Crippen molar-refractivity contribution >= 4 is 5.95 Å². The second kappa shape index (κ2) is 4.85. The van der Waals surface area contributed by atoms with E-state index >= 15 is 0 Å². The molecule has 0 saturated heterocycles. The summed E-state index contributed by atoms with van der Waals surface area (Å²) in [4.78, 5) is 3.89. The molecule has 1 heterocycles. The molecule has 0 aromatic carbocycles. The molecule has 1 rings (SSSR count). The fourth-order valence-electron chi connectivity index (χ4n) is 0.893. The molecule has 0 amide bonds. The third-order valence-electron chi connectivity index (χ3n) is 1.55. The highest BCUT2D eigenvalue weighted by molar-refractivity contribution is 5.15. The Kier molecular flexibility index (Phi) is 3.75. The highest BCUT2D eigenvalue weighted by Gasteiger charge is 2.05. The second-order valence-corrected chi connectivity index (χ2v) is 2.73. The monoisotopic (exact) mass is 206 g/mol. The molecule has 80 valence electrons. The highest BCUT2D eigenvalue weighted by atomic mass is 19.3. The Morgan fingerprint density at radius 1 is 1.57 bits per heavy atom. The van der Waals surface area contributed by atoms with Crippen molar-refractivity contribution in [1.82, 2.24) is 14.8 Å². The van der Waals surface area contributed by atoms with E-state index in [1.165, 1.54) is 4.68 Å². The first-order valence-corrected chi connectivity index (χ1v) is 4.11. The van der Waals surface area contributed by atoms with E-state index in [-0.39, 0.29) is 6.61 Å². The van der Waals surface area contributed by atoms with Crippen molar-refractivity contribution in [3.05, 3.63) is 5.82 Å². The van der Waals surface area contributed by atoms with E-state index in [0.717, 1.165) is 0 Å².